The molecular weight excluding hydrogens is 238 g/mol. The Balaban J connectivity index is 1.92. The Morgan fingerprint density at radius 2 is 2.53 bits per heavy atom. The van der Waals surface area contributed by atoms with Gasteiger partial charge in [-0.1, -0.05) is 6.92 Å². The van der Waals surface area contributed by atoms with Crippen LogP contribution >= 0.6 is 11.5 Å². The fourth-order valence-corrected chi connectivity index (χ4v) is 2.65. The van der Waals surface area contributed by atoms with Gasteiger partial charge in [0.2, 0.25) is 5.13 Å². The van der Waals surface area contributed by atoms with Crippen LogP contribution in [0, 0.1) is 0 Å². The van der Waals surface area contributed by atoms with E-state index < -0.39 is 0 Å². The topological polar surface area (TPSA) is 84.1 Å². The highest BCUT2D eigenvalue weighted by Gasteiger charge is 2.22. The maximum Gasteiger partial charge on any atom is 0.314 e. The van der Waals surface area contributed by atoms with E-state index in [4.69, 9.17) is 5.73 Å². The lowest BCUT2D eigenvalue weighted by atomic mass is 10.1. The number of carbonyl (C=O) groups is 1. The number of nitrogens with one attached hydrogen (secondary N) is 1. The monoisotopic (exact) mass is 255 g/mol. The summed E-state index contributed by atoms with van der Waals surface area (Å²) in [6.45, 7) is 3.43. The first-order chi connectivity index (χ1) is 8.19. The molecule has 3 N–H and O–H groups in total. The van der Waals surface area contributed by atoms with Gasteiger partial charge in [0.25, 0.3) is 0 Å². The van der Waals surface area contributed by atoms with Crippen LogP contribution in [-0.2, 0) is 6.42 Å². The number of anilines is 1. The van der Waals surface area contributed by atoms with E-state index in [1.807, 2.05) is 6.92 Å². The Bertz CT molecular complexity index is 394. The molecule has 0 aliphatic carbocycles. The fourth-order valence-electron chi connectivity index (χ4n) is 1.93. The number of hydrogen-bond donors (Lipinski definition) is 2. The minimum Gasteiger partial charge on any atom is -0.356 e. The maximum atomic E-state index is 11.1. The number of piperidine rings is 1. The molecule has 2 amide bonds. The van der Waals surface area contributed by atoms with Crippen molar-refractivity contribution in [3.05, 3.63) is 5.82 Å². The number of nitrogens with two attached hydrogens (primary N) is 1. The third-order valence-corrected chi connectivity index (χ3v) is 3.53. The third-order valence-electron chi connectivity index (χ3n) is 2.84. The van der Waals surface area contributed by atoms with Crippen molar-refractivity contribution in [3.63, 3.8) is 0 Å². The molecule has 2 heterocycles. The largest absolute Gasteiger partial charge is 0.356 e. The molecule has 0 saturated carbocycles. The lowest BCUT2D eigenvalue weighted by Gasteiger charge is -2.31. The van der Waals surface area contributed by atoms with E-state index in [0.29, 0.717) is 6.54 Å². The SMILES string of the molecule is CCc1nsc(NC2CCCN(C(N)=O)C2)n1. The molecule has 2 rings (SSSR count). The number of aryl methyl sites for hydroxylation is 1. The van der Waals surface area contributed by atoms with Gasteiger partial charge in [0.1, 0.15) is 5.82 Å². The molecule has 6 nitrogen and oxygen atoms in total. The summed E-state index contributed by atoms with van der Waals surface area (Å²) in [7, 11) is 0. The number of amides is 2. The second kappa shape index (κ2) is 5.31. The molecule has 0 bridgehead atoms. The van der Waals surface area contributed by atoms with Crippen LogP contribution in [0.15, 0.2) is 0 Å². The van der Waals surface area contributed by atoms with Crippen LogP contribution in [0.1, 0.15) is 25.6 Å². The van der Waals surface area contributed by atoms with E-state index in [2.05, 4.69) is 14.7 Å². The second-order valence-electron chi connectivity index (χ2n) is 4.14. The average Bonchev–Trinajstić information content (AvgIpc) is 2.77. The number of urea groups is 1. The second-order valence-corrected chi connectivity index (χ2v) is 4.89. The van der Waals surface area contributed by atoms with E-state index in [1.165, 1.54) is 11.5 Å². The lowest BCUT2D eigenvalue weighted by molar-refractivity contribution is 0.192. The highest BCUT2D eigenvalue weighted by atomic mass is 32.1. The van der Waals surface area contributed by atoms with Gasteiger partial charge in [-0.3, -0.25) is 0 Å². The number of aromatic nitrogens is 2. The molecule has 1 aromatic rings. The highest BCUT2D eigenvalue weighted by Crippen LogP contribution is 2.17. The Labute approximate surface area is 104 Å². The van der Waals surface area contributed by atoms with Crippen molar-refractivity contribution in [2.45, 2.75) is 32.2 Å². The molecule has 1 saturated heterocycles. The van der Waals surface area contributed by atoms with Crippen molar-refractivity contribution in [2.24, 2.45) is 5.73 Å². The van der Waals surface area contributed by atoms with Gasteiger partial charge in [0.15, 0.2) is 0 Å². The van der Waals surface area contributed by atoms with Crippen LogP contribution in [0.25, 0.3) is 0 Å². The van der Waals surface area contributed by atoms with Crippen molar-refractivity contribution in [3.8, 4) is 0 Å². The summed E-state index contributed by atoms with van der Waals surface area (Å²) in [6, 6.07) is -0.114. The summed E-state index contributed by atoms with van der Waals surface area (Å²) < 4.78 is 4.22. The number of rotatable bonds is 3. The van der Waals surface area contributed by atoms with E-state index >= 15 is 0 Å². The molecule has 7 heteroatoms. The van der Waals surface area contributed by atoms with Crippen LogP contribution in [0.4, 0.5) is 9.93 Å². The molecule has 94 valence electrons. The zero-order valence-corrected chi connectivity index (χ0v) is 10.7. The zero-order chi connectivity index (χ0) is 12.3. The number of hydrogen-bond acceptors (Lipinski definition) is 5. The summed E-state index contributed by atoms with van der Waals surface area (Å²) in [5, 5.41) is 4.15. The van der Waals surface area contributed by atoms with Crippen LogP contribution in [-0.4, -0.2) is 39.4 Å². The number of likely N-dealkylation sites (tertiary alicyclic amines) is 1. The molecular formula is C10H17N5OS. The van der Waals surface area contributed by atoms with E-state index in [9.17, 15) is 4.79 Å². The van der Waals surface area contributed by atoms with Crippen LogP contribution in [0.3, 0.4) is 0 Å². The minimum atomic E-state index is -0.344. The van der Waals surface area contributed by atoms with Crippen molar-refractivity contribution in [1.82, 2.24) is 14.3 Å². The lowest BCUT2D eigenvalue weighted by Crippen LogP contribution is -2.47. The predicted octanol–water partition coefficient (Wildman–Crippen LogP) is 1.06. The predicted molar refractivity (Wildman–Crippen MR) is 67.1 cm³/mol. The molecule has 0 spiro atoms. The molecule has 1 aliphatic heterocycles. The van der Waals surface area contributed by atoms with Gasteiger partial charge in [-0.05, 0) is 12.8 Å². The molecule has 0 aromatic carbocycles. The number of nitrogens with zero attached hydrogens (tertiary/aromatic N) is 3. The van der Waals surface area contributed by atoms with Gasteiger partial charge in [-0.15, -0.1) is 0 Å². The Morgan fingerprint density at radius 1 is 1.71 bits per heavy atom. The maximum absolute atomic E-state index is 11.1. The summed E-state index contributed by atoms with van der Waals surface area (Å²) in [6.07, 6.45) is 2.85. The highest BCUT2D eigenvalue weighted by molar-refractivity contribution is 7.09. The quantitative estimate of drug-likeness (QED) is 0.845. The minimum absolute atomic E-state index is 0.230. The molecule has 1 aliphatic rings. The molecule has 1 fully saturated rings. The van der Waals surface area contributed by atoms with Crippen molar-refractivity contribution in [2.75, 3.05) is 18.4 Å². The number of carbonyl (C=O) groups excluding carboxylic acids is 1. The molecule has 1 atom stereocenters. The van der Waals surface area contributed by atoms with Gasteiger partial charge in [0, 0.05) is 37.1 Å². The summed E-state index contributed by atoms with van der Waals surface area (Å²) in [5.41, 5.74) is 5.28. The molecule has 1 unspecified atom stereocenters. The first-order valence-corrected chi connectivity index (χ1v) is 6.60. The van der Waals surface area contributed by atoms with Crippen molar-refractivity contribution >= 4 is 22.7 Å². The average molecular weight is 255 g/mol. The molecule has 17 heavy (non-hydrogen) atoms. The molecule has 0 radical (unpaired) electrons. The smallest absolute Gasteiger partial charge is 0.314 e. The Kier molecular flexibility index (Phi) is 3.78. The van der Waals surface area contributed by atoms with Crippen LogP contribution in [0.5, 0.6) is 0 Å². The van der Waals surface area contributed by atoms with Crippen molar-refractivity contribution in [1.29, 1.82) is 0 Å². The molecule has 1 aromatic heterocycles. The van der Waals surface area contributed by atoms with Gasteiger partial charge in [0.05, 0.1) is 0 Å². The normalized spacial score (nSPS) is 20.3. The summed E-state index contributed by atoms with van der Waals surface area (Å²) in [4.78, 5) is 17.1. The number of primary amides is 1. The van der Waals surface area contributed by atoms with E-state index in [-0.39, 0.29) is 12.1 Å². The summed E-state index contributed by atoms with van der Waals surface area (Å²) >= 11 is 1.37. The van der Waals surface area contributed by atoms with Crippen molar-refractivity contribution < 1.29 is 4.79 Å². The van der Waals surface area contributed by atoms with E-state index in [1.54, 1.807) is 4.90 Å². The zero-order valence-electron chi connectivity index (χ0n) is 9.85. The first-order valence-electron chi connectivity index (χ1n) is 5.82. The third kappa shape index (κ3) is 3.06. The first kappa shape index (κ1) is 12.1. The van der Waals surface area contributed by atoms with Crippen LogP contribution in [0.2, 0.25) is 0 Å². The standard InChI is InChI=1S/C10H17N5OS/c1-2-8-13-10(17-14-8)12-7-4-3-5-15(6-7)9(11)16/h7H,2-6H2,1H3,(H2,11,16)(H,12,13,14). The van der Waals surface area contributed by atoms with Gasteiger partial charge < -0.3 is 16.0 Å². The fraction of sp³-hybridized carbons (Fsp3) is 0.700. The Morgan fingerprint density at radius 3 is 3.18 bits per heavy atom. The van der Waals surface area contributed by atoms with Gasteiger partial charge in [-0.2, -0.15) is 4.37 Å². The van der Waals surface area contributed by atoms with Crippen LogP contribution < -0.4 is 11.1 Å². The van der Waals surface area contributed by atoms with Gasteiger partial charge in [-0.25, -0.2) is 9.78 Å². The van der Waals surface area contributed by atoms with E-state index in [0.717, 1.165) is 36.8 Å². The summed E-state index contributed by atoms with van der Waals surface area (Å²) in [5.74, 6) is 0.861. The van der Waals surface area contributed by atoms with Gasteiger partial charge >= 0.3 is 6.03 Å². The Hall–Kier alpha value is -1.37.